The van der Waals surface area contributed by atoms with Crippen LogP contribution in [0.4, 0.5) is 5.95 Å². The Morgan fingerprint density at radius 3 is 2.44 bits per heavy atom. The first kappa shape index (κ1) is 11.0. The molecular weight excluding hydrogens is 222 g/mol. The van der Waals surface area contributed by atoms with Crippen molar-refractivity contribution in [3.8, 4) is 11.3 Å². The van der Waals surface area contributed by atoms with Crippen molar-refractivity contribution in [2.24, 2.45) is 0 Å². The highest BCUT2D eigenvalue weighted by Gasteiger charge is 2.13. The molecule has 0 aliphatic heterocycles. The van der Waals surface area contributed by atoms with Gasteiger partial charge in [0.2, 0.25) is 0 Å². The molecule has 0 fully saturated rings. The number of rotatable bonds is 1. The van der Waals surface area contributed by atoms with Gasteiger partial charge >= 0.3 is 0 Å². The van der Waals surface area contributed by atoms with Crippen molar-refractivity contribution in [2.45, 2.75) is 20.8 Å². The zero-order valence-electron chi connectivity index (χ0n) is 9.56. The van der Waals surface area contributed by atoms with Crippen molar-refractivity contribution in [1.82, 2.24) is 9.97 Å². The number of anilines is 1. The van der Waals surface area contributed by atoms with E-state index in [9.17, 15) is 0 Å². The smallest absolute Gasteiger partial charge is 0.199 e. The number of hydrogen-bond acceptors (Lipinski definition) is 2. The number of benzene rings is 1. The molecule has 0 aliphatic carbocycles. The number of nitrogens with zero attached hydrogens (tertiary/aromatic N) is 1. The summed E-state index contributed by atoms with van der Waals surface area (Å²) in [6, 6.07) is 4.10. The van der Waals surface area contributed by atoms with Gasteiger partial charge in [0.05, 0.1) is 0 Å². The fourth-order valence-electron chi connectivity index (χ4n) is 1.76. The molecule has 0 spiro atoms. The van der Waals surface area contributed by atoms with Gasteiger partial charge < -0.3 is 10.7 Å². The number of H-pyrrole nitrogens is 1. The van der Waals surface area contributed by atoms with Crippen molar-refractivity contribution >= 4 is 17.5 Å². The summed E-state index contributed by atoms with van der Waals surface area (Å²) in [7, 11) is 0. The van der Waals surface area contributed by atoms with E-state index in [-0.39, 0.29) is 0 Å². The van der Waals surface area contributed by atoms with Crippen LogP contribution in [0.25, 0.3) is 11.3 Å². The second-order valence-electron chi connectivity index (χ2n) is 3.96. The summed E-state index contributed by atoms with van der Waals surface area (Å²) >= 11 is 6.05. The van der Waals surface area contributed by atoms with Crippen LogP contribution in [0.5, 0.6) is 0 Å². The van der Waals surface area contributed by atoms with E-state index in [2.05, 4.69) is 36.8 Å². The molecule has 84 valence electrons. The van der Waals surface area contributed by atoms with Crippen LogP contribution in [0.2, 0.25) is 5.15 Å². The van der Waals surface area contributed by atoms with E-state index in [1.54, 1.807) is 0 Å². The Morgan fingerprint density at radius 2 is 1.88 bits per heavy atom. The van der Waals surface area contributed by atoms with E-state index < -0.39 is 0 Å². The average Bonchev–Trinajstić information content (AvgIpc) is 2.55. The quantitative estimate of drug-likeness (QED) is 0.797. The fraction of sp³-hybridized carbons (Fsp3) is 0.250. The van der Waals surface area contributed by atoms with Crippen molar-refractivity contribution < 1.29 is 0 Å². The molecule has 0 aliphatic rings. The number of nitrogen functional groups attached to an aromatic ring is 1. The molecule has 1 aromatic heterocycles. The van der Waals surface area contributed by atoms with E-state index in [0.717, 1.165) is 11.3 Å². The van der Waals surface area contributed by atoms with Gasteiger partial charge in [0.15, 0.2) is 5.95 Å². The summed E-state index contributed by atoms with van der Waals surface area (Å²) in [6.07, 6.45) is 0. The lowest BCUT2D eigenvalue weighted by molar-refractivity contribution is 1.25. The average molecular weight is 236 g/mol. The molecule has 2 aromatic rings. The zero-order chi connectivity index (χ0) is 11.9. The van der Waals surface area contributed by atoms with Crippen molar-refractivity contribution in [3.63, 3.8) is 0 Å². The minimum Gasteiger partial charge on any atom is -0.369 e. The first-order valence-corrected chi connectivity index (χ1v) is 5.46. The Morgan fingerprint density at radius 1 is 1.19 bits per heavy atom. The number of aromatic nitrogens is 2. The van der Waals surface area contributed by atoms with Crippen LogP contribution in [0, 0.1) is 20.8 Å². The molecule has 16 heavy (non-hydrogen) atoms. The van der Waals surface area contributed by atoms with Gasteiger partial charge in [0, 0.05) is 5.56 Å². The van der Waals surface area contributed by atoms with Gasteiger partial charge in [-0.1, -0.05) is 23.7 Å². The maximum atomic E-state index is 6.05. The van der Waals surface area contributed by atoms with Gasteiger partial charge in [-0.3, -0.25) is 0 Å². The van der Waals surface area contributed by atoms with Crippen molar-refractivity contribution in [1.29, 1.82) is 0 Å². The van der Waals surface area contributed by atoms with Gasteiger partial charge in [-0.25, -0.2) is 4.98 Å². The van der Waals surface area contributed by atoms with E-state index in [0.29, 0.717) is 11.1 Å². The second-order valence-corrected chi connectivity index (χ2v) is 4.34. The molecule has 0 saturated carbocycles. The van der Waals surface area contributed by atoms with Gasteiger partial charge in [-0.05, 0) is 37.5 Å². The third-order valence-corrected chi connectivity index (χ3v) is 3.26. The van der Waals surface area contributed by atoms with Crippen molar-refractivity contribution in [2.75, 3.05) is 5.73 Å². The highest BCUT2D eigenvalue weighted by molar-refractivity contribution is 6.32. The normalized spacial score (nSPS) is 10.8. The van der Waals surface area contributed by atoms with Gasteiger partial charge in [0.1, 0.15) is 10.8 Å². The molecule has 1 heterocycles. The molecule has 0 unspecified atom stereocenters. The molecule has 3 nitrogen and oxygen atoms in total. The summed E-state index contributed by atoms with van der Waals surface area (Å²) in [6.45, 7) is 6.25. The monoisotopic (exact) mass is 235 g/mol. The lowest BCUT2D eigenvalue weighted by atomic mass is 9.97. The lowest BCUT2D eigenvalue weighted by Crippen LogP contribution is -1.92. The molecule has 0 radical (unpaired) electrons. The predicted octanol–water partition coefficient (Wildman–Crippen LogP) is 3.24. The van der Waals surface area contributed by atoms with Crippen LogP contribution < -0.4 is 5.73 Å². The van der Waals surface area contributed by atoms with E-state index in [4.69, 9.17) is 17.3 Å². The number of aromatic amines is 1. The van der Waals surface area contributed by atoms with Crippen LogP contribution >= 0.6 is 11.6 Å². The number of nitrogens with two attached hydrogens (primary N) is 1. The summed E-state index contributed by atoms with van der Waals surface area (Å²) in [5.74, 6) is 0.345. The molecule has 1 aromatic carbocycles. The van der Waals surface area contributed by atoms with Crippen LogP contribution in [-0.4, -0.2) is 9.97 Å². The van der Waals surface area contributed by atoms with Gasteiger partial charge in [-0.2, -0.15) is 0 Å². The molecule has 0 bridgehead atoms. The molecule has 4 heteroatoms. The number of hydrogen-bond donors (Lipinski definition) is 2. The molecule has 0 saturated heterocycles. The van der Waals surface area contributed by atoms with Crippen LogP contribution in [0.15, 0.2) is 12.1 Å². The molecule has 3 N–H and O–H groups in total. The standard InChI is InChI=1S/C12H14ClN3/c1-6-4-5-9(8(3)7(6)2)10-11(13)16-12(14)15-10/h4-5H,1-3H3,(H3,14,15,16). The molecule has 2 rings (SSSR count). The van der Waals surface area contributed by atoms with Gasteiger partial charge in [-0.15, -0.1) is 0 Å². The molecule has 0 atom stereocenters. The lowest BCUT2D eigenvalue weighted by Gasteiger charge is -2.09. The number of halogens is 1. The summed E-state index contributed by atoms with van der Waals surface area (Å²) in [4.78, 5) is 7.00. The summed E-state index contributed by atoms with van der Waals surface area (Å²) in [5, 5.41) is 0.490. The minimum absolute atomic E-state index is 0.345. The first-order chi connectivity index (χ1) is 7.50. The largest absolute Gasteiger partial charge is 0.369 e. The Balaban J connectivity index is 2.65. The molecule has 0 amide bonds. The molecular formula is C12H14ClN3. The number of nitrogens with one attached hydrogen (secondary N) is 1. The summed E-state index contributed by atoms with van der Waals surface area (Å²) in [5.41, 5.74) is 11.0. The summed E-state index contributed by atoms with van der Waals surface area (Å²) < 4.78 is 0. The second kappa shape index (κ2) is 3.83. The number of imidazole rings is 1. The third-order valence-electron chi connectivity index (χ3n) is 2.99. The topological polar surface area (TPSA) is 54.7 Å². The number of aryl methyl sites for hydroxylation is 1. The van der Waals surface area contributed by atoms with Crippen LogP contribution in [-0.2, 0) is 0 Å². The Bertz CT molecular complexity index is 543. The van der Waals surface area contributed by atoms with Gasteiger partial charge in [0.25, 0.3) is 0 Å². The Kier molecular flexibility index (Phi) is 2.64. The SMILES string of the molecule is Cc1ccc(-c2nc(N)[nH]c2Cl)c(C)c1C. The van der Waals surface area contributed by atoms with E-state index >= 15 is 0 Å². The first-order valence-electron chi connectivity index (χ1n) is 5.09. The fourth-order valence-corrected chi connectivity index (χ4v) is 2.00. The maximum absolute atomic E-state index is 6.05. The minimum atomic E-state index is 0.345. The van der Waals surface area contributed by atoms with E-state index in [1.165, 1.54) is 16.7 Å². The van der Waals surface area contributed by atoms with Crippen LogP contribution in [0.1, 0.15) is 16.7 Å². The Hall–Kier alpha value is -1.48. The highest BCUT2D eigenvalue weighted by Crippen LogP contribution is 2.31. The zero-order valence-corrected chi connectivity index (χ0v) is 10.3. The van der Waals surface area contributed by atoms with Crippen LogP contribution in [0.3, 0.4) is 0 Å². The van der Waals surface area contributed by atoms with E-state index in [1.807, 2.05) is 6.07 Å². The van der Waals surface area contributed by atoms with Crippen molar-refractivity contribution in [3.05, 3.63) is 34.0 Å². The third kappa shape index (κ3) is 1.67. The predicted molar refractivity (Wildman–Crippen MR) is 67.7 cm³/mol. The Labute approximate surface area is 99.7 Å². The highest BCUT2D eigenvalue weighted by atomic mass is 35.5. The maximum Gasteiger partial charge on any atom is 0.199 e.